The van der Waals surface area contributed by atoms with Crippen LogP contribution in [0.25, 0.3) is 11.3 Å². The number of hydrogen-bond donors (Lipinski definition) is 1. The molecule has 0 aliphatic rings. The van der Waals surface area contributed by atoms with E-state index in [0.29, 0.717) is 6.61 Å². The normalized spacial score (nSPS) is 11.0. The number of benzene rings is 3. The molecule has 1 heterocycles. The van der Waals surface area contributed by atoms with Crippen LogP contribution in [-0.4, -0.2) is 11.2 Å². The van der Waals surface area contributed by atoms with Crippen LogP contribution in [0.3, 0.4) is 0 Å². The summed E-state index contributed by atoms with van der Waals surface area (Å²) >= 11 is 5.04. The zero-order valence-corrected chi connectivity index (χ0v) is 18.8. The molecule has 1 N–H and O–H groups in total. The second-order valence-corrected chi connectivity index (χ2v) is 8.45. The highest BCUT2D eigenvalue weighted by Gasteiger charge is 2.06. The van der Waals surface area contributed by atoms with Gasteiger partial charge in [0.05, 0.1) is 11.9 Å². The Morgan fingerprint density at radius 3 is 2.70 bits per heavy atom. The number of halogens is 1. The Kier molecular flexibility index (Phi) is 6.57. The summed E-state index contributed by atoms with van der Waals surface area (Å²) in [7, 11) is 0. The molecule has 0 spiro atoms. The molecule has 0 aliphatic heterocycles. The summed E-state index contributed by atoms with van der Waals surface area (Å²) in [6.07, 6.45) is 1.75. The summed E-state index contributed by atoms with van der Waals surface area (Å²) < 4.78 is 7.04. The van der Waals surface area contributed by atoms with Gasteiger partial charge in [-0.15, -0.1) is 11.3 Å². The zero-order chi connectivity index (χ0) is 20.8. The third-order valence-corrected chi connectivity index (χ3v) is 5.79. The zero-order valence-electron chi connectivity index (χ0n) is 16.4. The van der Waals surface area contributed by atoms with Crippen LogP contribution < -0.4 is 10.2 Å². The summed E-state index contributed by atoms with van der Waals surface area (Å²) in [4.78, 5) is 4.59. The topological polar surface area (TPSA) is 46.5 Å². The predicted octanol–water partition coefficient (Wildman–Crippen LogP) is 6.91. The van der Waals surface area contributed by atoms with Crippen molar-refractivity contribution in [2.45, 2.75) is 13.5 Å². The lowest BCUT2D eigenvalue weighted by molar-refractivity contribution is 0.305. The monoisotopic (exact) mass is 477 g/mol. The van der Waals surface area contributed by atoms with Crippen LogP contribution in [0.4, 0.5) is 5.13 Å². The molecule has 0 atom stereocenters. The third kappa shape index (κ3) is 5.14. The Morgan fingerprint density at radius 1 is 1.07 bits per heavy atom. The molecule has 0 aliphatic carbocycles. The molecule has 0 amide bonds. The first kappa shape index (κ1) is 20.3. The van der Waals surface area contributed by atoms with Crippen molar-refractivity contribution in [1.82, 2.24) is 4.98 Å². The van der Waals surface area contributed by atoms with Crippen LogP contribution in [0.15, 0.2) is 87.8 Å². The van der Waals surface area contributed by atoms with Gasteiger partial charge in [-0.2, -0.15) is 5.10 Å². The fourth-order valence-corrected chi connectivity index (χ4v) is 3.95. The first-order valence-corrected chi connectivity index (χ1v) is 11.1. The molecule has 6 heteroatoms. The van der Waals surface area contributed by atoms with Crippen molar-refractivity contribution >= 4 is 38.6 Å². The quantitative estimate of drug-likeness (QED) is 0.232. The summed E-state index contributed by atoms with van der Waals surface area (Å²) in [5.41, 5.74) is 8.30. The second kappa shape index (κ2) is 9.69. The van der Waals surface area contributed by atoms with Gasteiger partial charge in [-0.05, 0) is 36.2 Å². The number of hydrogen-bond acceptors (Lipinski definition) is 5. The van der Waals surface area contributed by atoms with Gasteiger partial charge in [0.25, 0.3) is 0 Å². The fourth-order valence-electron chi connectivity index (χ4n) is 2.90. The van der Waals surface area contributed by atoms with Gasteiger partial charge in [0.2, 0.25) is 5.13 Å². The SMILES string of the molecule is Cc1ccccc1COc1ccc(Br)cc1C=NNc1nc(-c2ccccc2)cs1. The molecule has 3 aromatic carbocycles. The van der Waals surface area contributed by atoms with Crippen LogP contribution in [0.2, 0.25) is 0 Å². The van der Waals surface area contributed by atoms with E-state index in [4.69, 9.17) is 4.74 Å². The average Bonchev–Trinajstić information content (AvgIpc) is 3.24. The van der Waals surface area contributed by atoms with Crippen LogP contribution in [0.5, 0.6) is 5.75 Å². The molecule has 30 heavy (non-hydrogen) atoms. The van der Waals surface area contributed by atoms with Crippen LogP contribution in [0.1, 0.15) is 16.7 Å². The molecule has 150 valence electrons. The average molecular weight is 478 g/mol. The van der Waals surface area contributed by atoms with Gasteiger partial charge in [-0.3, -0.25) is 5.43 Å². The van der Waals surface area contributed by atoms with Gasteiger partial charge in [0.15, 0.2) is 0 Å². The first-order chi connectivity index (χ1) is 14.7. The van der Waals surface area contributed by atoms with Crippen molar-refractivity contribution < 1.29 is 4.74 Å². The van der Waals surface area contributed by atoms with E-state index in [9.17, 15) is 0 Å². The summed E-state index contributed by atoms with van der Waals surface area (Å²) in [6, 6.07) is 24.2. The van der Waals surface area contributed by atoms with Crippen molar-refractivity contribution in [2.75, 3.05) is 5.43 Å². The molecule has 0 unspecified atom stereocenters. The highest BCUT2D eigenvalue weighted by molar-refractivity contribution is 9.10. The Bertz CT molecular complexity index is 1160. The molecule has 0 radical (unpaired) electrons. The number of ether oxygens (including phenoxy) is 1. The number of aromatic nitrogens is 1. The van der Waals surface area contributed by atoms with E-state index in [0.717, 1.165) is 37.7 Å². The van der Waals surface area contributed by atoms with E-state index in [-0.39, 0.29) is 0 Å². The van der Waals surface area contributed by atoms with Crippen molar-refractivity contribution in [3.63, 3.8) is 0 Å². The minimum Gasteiger partial charge on any atom is -0.488 e. The Labute approximate surface area is 188 Å². The second-order valence-electron chi connectivity index (χ2n) is 6.67. The smallest absolute Gasteiger partial charge is 0.203 e. The number of rotatable bonds is 7. The number of thiazole rings is 1. The molecule has 0 fully saturated rings. The van der Waals surface area contributed by atoms with Gasteiger partial charge in [-0.1, -0.05) is 70.5 Å². The van der Waals surface area contributed by atoms with Gasteiger partial charge in [0, 0.05) is 21.0 Å². The van der Waals surface area contributed by atoms with E-state index < -0.39 is 0 Å². The van der Waals surface area contributed by atoms with E-state index in [1.807, 2.05) is 66.0 Å². The molecular weight excluding hydrogens is 458 g/mol. The highest BCUT2D eigenvalue weighted by Crippen LogP contribution is 2.26. The van der Waals surface area contributed by atoms with Crippen molar-refractivity contribution in [2.24, 2.45) is 5.10 Å². The Balaban J connectivity index is 1.45. The van der Waals surface area contributed by atoms with E-state index in [1.165, 1.54) is 16.9 Å². The molecule has 0 saturated carbocycles. The summed E-state index contributed by atoms with van der Waals surface area (Å²) in [6.45, 7) is 2.60. The van der Waals surface area contributed by atoms with Gasteiger partial charge in [-0.25, -0.2) is 4.98 Å². The van der Waals surface area contributed by atoms with Gasteiger partial charge >= 0.3 is 0 Å². The molecule has 4 rings (SSSR count). The first-order valence-electron chi connectivity index (χ1n) is 9.46. The number of nitrogens with one attached hydrogen (secondary N) is 1. The van der Waals surface area contributed by atoms with Gasteiger partial charge < -0.3 is 4.74 Å². The number of anilines is 1. The molecule has 0 bridgehead atoms. The maximum atomic E-state index is 6.07. The molecule has 1 aromatic heterocycles. The maximum absolute atomic E-state index is 6.07. The molecule has 4 aromatic rings. The number of aryl methyl sites for hydroxylation is 1. The van der Waals surface area contributed by atoms with Crippen molar-refractivity contribution in [1.29, 1.82) is 0 Å². The van der Waals surface area contributed by atoms with E-state index >= 15 is 0 Å². The Hall–Kier alpha value is -2.96. The number of hydrazone groups is 1. The fraction of sp³-hybridized carbons (Fsp3) is 0.0833. The standard InChI is InChI=1S/C24H20BrN3OS/c1-17-7-5-6-10-19(17)15-29-23-12-11-21(25)13-20(23)14-26-28-24-27-22(16-30-24)18-8-3-2-4-9-18/h2-14,16H,15H2,1H3,(H,27,28). The lowest BCUT2D eigenvalue weighted by atomic mass is 10.1. The van der Waals surface area contributed by atoms with Crippen LogP contribution >= 0.6 is 27.3 Å². The molecule has 0 saturated heterocycles. The maximum Gasteiger partial charge on any atom is 0.203 e. The summed E-state index contributed by atoms with van der Waals surface area (Å²) in [5.74, 6) is 0.774. The van der Waals surface area contributed by atoms with Crippen molar-refractivity contribution in [3.05, 3.63) is 99.3 Å². The number of nitrogens with zero attached hydrogens (tertiary/aromatic N) is 2. The molecule has 4 nitrogen and oxygen atoms in total. The van der Waals surface area contributed by atoms with E-state index in [1.54, 1.807) is 6.21 Å². The van der Waals surface area contributed by atoms with Gasteiger partial charge in [0.1, 0.15) is 12.4 Å². The highest BCUT2D eigenvalue weighted by atomic mass is 79.9. The minimum absolute atomic E-state index is 0.509. The lowest BCUT2D eigenvalue weighted by Crippen LogP contribution is -2.00. The Morgan fingerprint density at radius 2 is 1.87 bits per heavy atom. The van der Waals surface area contributed by atoms with E-state index in [2.05, 4.69) is 50.5 Å². The van der Waals surface area contributed by atoms with Crippen molar-refractivity contribution in [3.8, 4) is 17.0 Å². The van der Waals surface area contributed by atoms with Crippen LogP contribution in [0, 0.1) is 6.92 Å². The largest absolute Gasteiger partial charge is 0.488 e. The summed E-state index contributed by atoms with van der Waals surface area (Å²) in [5, 5.41) is 7.12. The predicted molar refractivity (Wildman–Crippen MR) is 128 cm³/mol. The van der Waals surface area contributed by atoms with Crippen LogP contribution in [-0.2, 0) is 6.61 Å². The lowest BCUT2D eigenvalue weighted by Gasteiger charge is -2.11. The third-order valence-electron chi connectivity index (χ3n) is 4.55. The minimum atomic E-state index is 0.509. The molecular formula is C24H20BrN3OS.